The molecule has 1 heterocycles. The molecule has 1 aromatic carbocycles. The van der Waals surface area contributed by atoms with Gasteiger partial charge in [0.05, 0.1) is 6.20 Å². The Morgan fingerprint density at radius 1 is 1.37 bits per heavy atom. The first-order valence-electron chi connectivity index (χ1n) is 6.64. The van der Waals surface area contributed by atoms with E-state index in [2.05, 4.69) is 43.1 Å². The number of aryl methyl sites for hydroxylation is 1. The van der Waals surface area contributed by atoms with E-state index in [1.54, 1.807) is 0 Å². The Kier molecular flexibility index (Phi) is 4.01. The van der Waals surface area contributed by atoms with E-state index in [4.69, 9.17) is 6.42 Å². The fourth-order valence-electron chi connectivity index (χ4n) is 2.11. The molecule has 0 saturated heterocycles. The van der Waals surface area contributed by atoms with Gasteiger partial charge in [0.1, 0.15) is 5.69 Å². The third-order valence-electron chi connectivity index (χ3n) is 3.02. The molecule has 2 rings (SSSR count). The maximum absolute atomic E-state index is 5.44. The minimum absolute atomic E-state index is 0.559. The lowest BCUT2D eigenvalue weighted by molar-refractivity contribution is 0.472. The van der Waals surface area contributed by atoms with Crippen molar-refractivity contribution in [2.24, 2.45) is 5.92 Å². The molecule has 0 amide bonds. The van der Waals surface area contributed by atoms with Crippen LogP contribution in [0.25, 0.3) is 11.3 Å². The highest BCUT2D eigenvalue weighted by Crippen LogP contribution is 2.23. The maximum Gasteiger partial charge on any atom is 0.113 e. The van der Waals surface area contributed by atoms with Crippen molar-refractivity contribution >= 4 is 0 Å². The van der Waals surface area contributed by atoms with E-state index in [1.165, 1.54) is 5.56 Å². The Hall–Kier alpha value is -2.08. The Balaban J connectivity index is 2.36. The predicted octanol–water partition coefficient (Wildman–Crippen LogP) is 3.14. The smallest absolute Gasteiger partial charge is 0.113 e. The molecule has 3 nitrogen and oxygen atoms in total. The number of nitrogens with zero attached hydrogens (tertiary/aromatic N) is 3. The van der Waals surface area contributed by atoms with Crippen molar-refractivity contribution in [1.29, 1.82) is 0 Å². The van der Waals surface area contributed by atoms with Gasteiger partial charge < -0.3 is 0 Å². The Morgan fingerprint density at radius 3 is 2.79 bits per heavy atom. The molecule has 0 fully saturated rings. The minimum atomic E-state index is 0.559. The van der Waals surface area contributed by atoms with Crippen molar-refractivity contribution in [2.75, 3.05) is 0 Å². The van der Waals surface area contributed by atoms with Gasteiger partial charge in [0.15, 0.2) is 0 Å². The van der Waals surface area contributed by atoms with Crippen LogP contribution in [-0.2, 0) is 13.0 Å². The lowest BCUT2D eigenvalue weighted by Gasteiger charge is -2.05. The topological polar surface area (TPSA) is 30.7 Å². The van der Waals surface area contributed by atoms with Crippen molar-refractivity contribution < 1.29 is 0 Å². The number of benzene rings is 1. The fourth-order valence-corrected chi connectivity index (χ4v) is 2.11. The second-order valence-electron chi connectivity index (χ2n) is 5.09. The van der Waals surface area contributed by atoms with Crippen LogP contribution in [0.5, 0.6) is 0 Å². The average Bonchev–Trinajstić information content (AvgIpc) is 2.85. The van der Waals surface area contributed by atoms with E-state index in [-0.39, 0.29) is 0 Å². The quantitative estimate of drug-likeness (QED) is 0.784. The van der Waals surface area contributed by atoms with Crippen molar-refractivity contribution in [1.82, 2.24) is 15.0 Å². The SMILES string of the molecule is C#Cc1ccc(-c2cn(CC(C)C)nn2)c(CC)c1. The molecule has 3 heteroatoms. The molecule has 0 radical (unpaired) electrons. The molecule has 0 bridgehead atoms. The molecule has 0 aliphatic rings. The van der Waals surface area contributed by atoms with E-state index in [1.807, 2.05) is 23.0 Å². The molecule has 0 aliphatic heterocycles. The molecule has 0 aliphatic carbocycles. The molecular weight excluding hydrogens is 234 g/mol. The molecule has 0 saturated carbocycles. The summed E-state index contributed by atoms with van der Waals surface area (Å²) < 4.78 is 1.90. The molecular formula is C16H19N3. The lowest BCUT2D eigenvalue weighted by Crippen LogP contribution is -2.04. The predicted molar refractivity (Wildman–Crippen MR) is 77.6 cm³/mol. The van der Waals surface area contributed by atoms with Gasteiger partial charge in [-0.1, -0.05) is 38.0 Å². The van der Waals surface area contributed by atoms with Crippen LogP contribution in [0.4, 0.5) is 0 Å². The van der Waals surface area contributed by atoms with Gasteiger partial charge in [-0.25, -0.2) is 0 Å². The molecule has 0 N–H and O–H groups in total. The third kappa shape index (κ3) is 3.03. The van der Waals surface area contributed by atoms with Crippen LogP contribution in [0, 0.1) is 18.3 Å². The van der Waals surface area contributed by atoms with Gasteiger partial charge in [-0.2, -0.15) is 0 Å². The zero-order chi connectivity index (χ0) is 13.8. The highest BCUT2D eigenvalue weighted by molar-refractivity contribution is 5.64. The van der Waals surface area contributed by atoms with Crippen LogP contribution in [0.3, 0.4) is 0 Å². The molecule has 98 valence electrons. The fraction of sp³-hybridized carbons (Fsp3) is 0.375. The van der Waals surface area contributed by atoms with Crippen LogP contribution in [0.15, 0.2) is 24.4 Å². The lowest BCUT2D eigenvalue weighted by atomic mass is 10.00. The second kappa shape index (κ2) is 5.71. The standard InChI is InChI=1S/C16H19N3/c1-5-13-7-8-15(14(6-2)9-13)16-11-19(18-17-16)10-12(3)4/h1,7-9,11-12H,6,10H2,2-4H3. The summed E-state index contributed by atoms with van der Waals surface area (Å²) in [6.07, 6.45) is 8.38. The van der Waals surface area contributed by atoms with Gasteiger partial charge in [-0.05, 0) is 30.0 Å². The van der Waals surface area contributed by atoms with Crippen molar-refractivity contribution in [2.45, 2.75) is 33.7 Å². The highest BCUT2D eigenvalue weighted by atomic mass is 15.4. The monoisotopic (exact) mass is 253 g/mol. The third-order valence-corrected chi connectivity index (χ3v) is 3.02. The normalized spacial score (nSPS) is 10.7. The first-order chi connectivity index (χ1) is 9.13. The molecule has 0 unspecified atom stereocenters. The summed E-state index contributed by atoms with van der Waals surface area (Å²) in [5.41, 5.74) is 4.17. The molecule has 0 spiro atoms. The van der Waals surface area contributed by atoms with Crippen LogP contribution in [0.2, 0.25) is 0 Å². The summed E-state index contributed by atoms with van der Waals surface area (Å²) >= 11 is 0. The van der Waals surface area contributed by atoms with E-state index in [0.717, 1.165) is 29.8 Å². The van der Waals surface area contributed by atoms with Crippen LogP contribution in [0.1, 0.15) is 31.9 Å². The Bertz CT molecular complexity index is 603. The van der Waals surface area contributed by atoms with Gasteiger partial charge in [0.25, 0.3) is 0 Å². The summed E-state index contributed by atoms with van der Waals surface area (Å²) in [5.74, 6) is 3.23. The molecule has 0 atom stereocenters. The molecule has 2 aromatic rings. The van der Waals surface area contributed by atoms with E-state index < -0.39 is 0 Å². The number of rotatable bonds is 4. The number of hydrogen-bond acceptors (Lipinski definition) is 2. The summed E-state index contributed by atoms with van der Waals surface area (Å²) in [7, 11) is 0. The van der Waals surface area contributed by atoms with Crippen LogP contribution < -0.4 is 0 Å². The minimum Gasteiger partial charge on any atom is -0.252 e. The molecule has 1 aromatic heterocycles. The maximum atomic E-state index is 5.44. The van der Waals surface area contributed by atoms with Crippen molar-refractivity contribution in [3.63, 3.8) is 0 Å². The average molecular weight is 253 g/mol. The summed E-state index contributed by atoms with van der Waals surface area (Å²) in [4.78, 5) is 0. The summed E-state index contributed by atoms with van der Waals surface area (Å²) in [5, 5.41) is 8.44. The van der Waals surface area contributed by atoms with Gasteiger partial charge >= 0.3 is 0 Å². The summed E-state index contributed by atoms with van der Waals surface area (Å²) in [6, 6.07) is 6.05. The first kappa shape index (κ1) is 13.4. The van der Waals surface area contributed by atoms with E-state index in [9.17, 15) is 0 Å². The van der Waals surface area contributed by atoms with Gasteiger partial charge in [-0.3, -0.25) is 4.68 Å². The van der Waals surface area contributed by atoms with Crippen LogP contribution in [-0.4, -0.2) is 15.0 Å². The highest BCUT2D eigenvalue weighted by Gasteiger charge is 2.09. The van der Waals surface area contributed by atoms with Crippen molar-refractivity contribution in [3.8, 4) is 23.6 Å². The second-order valence-corrected chi connectivity index (χ2v) is 5.09. The van der Waals surface area contributed by atoms with Gasteiger partial charge in [-0.15, -0.1) is 11.5 Å². The zero-order valence-corrected chi connectivity index (χ0v) is 11.7. The largest absolute Gasteiger partial charge is 0.252 e. The van der Waals surface area contributed by atoms with Gasteiger partial charge in [0, 0.05) is 17.7 Å². The number of aromatic nitrogens is 3. The zero-order valence-electron chi connectivity index (χ0n) is 11.7. The first-order valence-corrected chi connectivity index (χ1v) is 6.64. The van der Waals surface area contributed by atoms with Gasteiger partial charge in [0.2, 0.25) is 0 Å². The Morgan fingerprint density at radius 2 is 2.16 bits per heavy atom. The number of terminal acetylenes is 1. The summed E-state index contributed by atoms with van der Waals surface area (Å²) in [6.45, 7) is 7.34. The number of hydrogen-bond donors (Lipinski definition) is 0. The van der Waals surface area contributed by atoms with E-state index >= 15 is 0 Å². The molecule has 19 heavy (non-hydrogen) atoms. The van der Waals surface area contributed by atoms with Crippen LogP contribution >= 0.6 is 0 Å². The van der Waals surface area contributed by atoms with Crippen molar-refractivity contribution in [3.05, 3.63) is 35.5 Å². The van der Waals surface area contributed by atoms with E-state index in [0.29, 0.717) is 5.92 Å². The Labute approximate surface area is 114 Å².